The van der Waals surface area contributed by atoms with E-state index in [9.17, 15) is 9.59 Å². The first kappa shape index (κ1) is 21.0. The molecule has 0 radical (unpaired) electrons. The highest BCUT2D eigenvalue weighted by atomic mass is 32.2. The van der Waals surface area contributed by atoms with Crippen molar-refractivity contribution in [3.8, 4) is 0 Å². The topological polar surface area (TPSA) is 63.6 Å². The Balaban J connectivity index is 1.80. The second kappa shape index (κ2) is 8.22. The van der Waals surface area contributed by atoms with Gasteiger partial charge in [0.25, 0.3) is 0 Å². The number of piperazine rings is 1. The van der Waals surface area contributed by atoms with Crippen LogP contribution in [-0.2, 0) is 4.74 Å². The molecule has 166 valence electrons. The highest BCUT2D eigenvalue weighted by Crippen LogP contribution is 2.51. The third kappa shape index (κ3) is 3.18. The fourth-order valence-electron chi connectivity index (χ4n) is 4.31. The monoisotopic (exact) mass is 457 g/mol. The zero-order chi connectivity index (χ0) is 22.4. The van der Waals surface area contributed by atoms with Crippen LogP contribution in [0.4, 0.5) is 14.5 Å². The Morgan fingerprint density at radius 1 is 1.22 bits per heavy atom. The van der Waals surface area contributed by atoms with Gasteiger partial charge in [-0.3, -0.25) is 4.79 Å². The van der Waals surface area contributed by atoms with E-state index in [1.165, 1.54) is 11.8 Å². The summed E-state index contributed by atoms with van der Waals surface area (Å²) in [5.41, 5.74) is -0.128. The first-order chi connectivity index (χ1) is 15.5. The Kier molecular flexibility index (Phi) is 5.38. The molecule has 1 atom stereocenters. The van der Waals surface area contributed by atoms with Gasteiger partial charge in [-0.25, -0.2) is 13.6 Å². The largest absolute Gasteiger partial charge is 0.462 e. The molecule has 1 N–H and O–H groups in total. The van der Waals surface area contributed by atoms with Crippen molar-refractivity contribution in [2.75, 3.05) is 37.7 Å². The Labute approximate surface area is 187 Å². The number of carbonyl (C=O) groups is 1. The maximum Gasteiger partial charge on any atom is 0.344 e. The van der Waals surface area contributed by atoms with Gasteiger partial charge in [-0.05, 0) is 18.6 Å². The number of nitrogens with one attached hydrogen (secondary N) is 1. The number of rotatable bonds is 4. The van der Waals surface area contributed by atoms with Gasteiger partial charge in [-0.2, -0.15) is 0 Å². The van der Waals surface area contributed by atoms with Crippen molar-refractivity contribution < 1.29 is 18.3 Å². The summed E-state index contributed by atoms with van der Waals surface area (Å²) >= 11 is 1.29. The summed E-state index contributed by atoms with van der Waals surface area (Å²) in [7, 11) is 0. The third-order valence-corrected chi connectivity index (χ3v) is 7.10. The maximum atomic E-state index is 16.0. The third-order valence-electron chi connectivity index (χ3n) is 5.77. The first-order valence-electron chi connectivity index (χ1n) is 10.5. The molecule has 0 saturated carbocycles. The van der Waals surface area contributed by atoms with Crippen LogP contribution >= 0.6 is 11.8 Å². The zero-order valence-corrected chi connectivity index (χ0v) is 18.2. The van der Waals surface area contributed by atoms with Crippen molar-refractivity contribution in [2.24, 2.45) is 0 Å². The lowest BCUT2D eigenvalue weighted by atomic mass is 10.1. The first-order valence-corrected chi connectivity index (χ1v) is 11.4. The van der Waals surface area contributed by atoms with Gasteiger partial charge in [-0.1, -0.05) is 42.1 Å². The molecule has 1 saturated heterocycles. The average molecular weight is 458 g/mol. The molecule has 0 spiro atoms. The average Bonchev–Trinajstić information content (AvgIpc) is 2.78. The minimum absolute atomic E-state index is 0.0144. The molecule has 2 aliphatic heterocycles. The second-order valence-corrected chi connectivity index (χ2v) is 8.70. The molecule has 0 bridgehead atoms. The lowest BCUT2D eigenvalue weighted by Crippen LogP contribution is -2.44. The number of anilines is 1. The van der Waals surface area contributed by atoms with E-state index in [4.69, 9.17) is 4.74 Å². The summed E-state index contributed by atoms with van der Waals surface area (Å²) in [6, 6.07) is 10.5. The fourth-order valence-corrected chi connectivity index (χ4v) is 5.57. The summed E-state index contributed by atoms with van der Waals surface area (Å²) < 4.78 is 37.8. The fraction of sp³-hybridized carbons (Fsp3) is 0.304. The van der Waals surface area contributed by atoms with E-state index in [-0.39, 0.29) is 34.1 Å². The number of hydrogen-bond acceptors (Lipinski definition) is 6. The number of halogens is 2. The number of aromatic nitrogens is 1. The smallest absolute Gasteiger partial charge is 0.344 e. The van der Waals surface area contributed by atoms with Crippen LogP contribution in [0.3, 0.4) is 0 Å². The number of nitrogens with zero attached hydrogens (tertiary/aromatic N) is 2. The molecule has 1 fully saturated rings. The van der Waals surface area contributed by atoms with Crippen LogP contribution in [-0.4, -0.2) is 43.3 Å². The molecule has 1 unspecified atom stereocenters. The van der Waals surface area contributed by atoms with Gasteiger partial charge >= 0.3 is 5.97 Å². The van der Waals surface area contributed by atoms with Crippen LogP contribution in [0.1, 0.15) is 28.2 Å². The Bertz CT molecular complexity index is 1270. The predicted molar refractivity (Wildman–Crippen MR) is 120 cm³/mol. The lowest BCUT2D eigenvalue weighted by molar-refractivity contribution is 0.0518. The van der Waals surface area contributed by atoms with Crippen LogP contribution < -0.4 is 15.6 Å². The van der Waals surface area contributed by atoms with Gasteiger partial charge in [0.1, 0.15) is 22.4 Å². The van der Waals surface area contributed by atoms with Crippen molar-refractivity contribution in [3.05, 3.63) is 69.4 Å². The zero-order valence-electron chi connectivity index (χ0n) is 17.4. The molecule has 5 rings (SSSR count). The molecule has 2 aromatic carbocycles. The van der Waals surface area contributed by atoms with Crippen molar-refractivity contribution in [2.45, 2.75) is 17.3 Å². The number of carbonyl (C=O) groups excluding carboxylic acids is 1. The summed E-state index contributed by atoms with van der Waals surface area (Å²) in [4.78, 5) is 27.4. The molecule has 9 heteroatoms. The molecule has 32 heavy (non-hydrogen) atoms. The van der Waals surface area contributed by atoms with Gasteiger partial charge < -0.3 is 19.5 Å². The van der Waals surface area contributed by atoms with E-state index < -0.39 is 23.0 Å². The van der Waals surface area contributed by atoms with E-state index in [0.717, 1.165) is 11.6 Å². The molecular formula is C23H21F2N3O3S. The van der Waals surface area contributed by atoms with Gasteiger partial charge in [0.05, 0.1) is 22.5 Å². The van der Waals surface area contributed by atoms with Crippen LogP contribution in [0, 0.1) is 11.6 Å². The molecule has 3 heterocycles. The van der Waals surface area contributed by atoms with Crippen LogP contribution in [0.2, 0.25) is 0 Å². The number of hydrogen-bond donors (Lipinski definition) is 1. The minimum atomic E-state index is -0.812. The van der Waals surface area contributed by atoms with Crippen LogP contribution in [0.5, 0.6) is 0 Å². The summed E-state index contributed by atoms with van der Waals surface area (Å²) in [6.07, 6.45) is 0. The van der Waals surface area contributed by atoms with Crippen molar-refractivity contribution in [1.82, 2.24) is 9.88 Å². The SMILES string of the molecule is CCOC(=O)c1c2n(c3c(F)c(N4CCNCC4)c(F)cc3c1=O)C(c1ccccc1)S2. The van der Waals surface area contributed by atoms with Gasteiger partial charge in [0, 0.05) is 26.2 Å². The van der Waals surface area contributed by atoms with E-state index in [2.05, 4.69) is 5.32 Å². The number of benzene rings is 2. The molecule has 0 aliphatic carbocycles. The number of fused-ring (bicyclic) bond motifs is 3. The number of thioether (sulfide) groups is 1. The van der Waals surface area contributed by atoms with E-state index >= 15 is 8.78 Å². The van der Waals surface area contributed by atoms with Gasteiger partial charge in [0.15, 0.2) is 5.82 Å². The quantitative estimate of drug-likeness (QED) is 0.605. The summed E-state index contributed by atoms with van der Waals surface area (Å²) in [5, 5.41) is 3.00. The predicted octanol–water partition coefficient (Wildman–Crippen LogP) is 3.52. The van der Waals surface area contributed by atoms with Crippen LogP contribution in [0.15, 0.2) is 46.2 Å². The molecule has 0 amide bonds. The molecule has 2 aliphatic rings. The van der Waals surface area contributed by atoms with Gasteiger partial charge in [-0.15, -0.1) is 0 Å². The highest BCUT2D eigenvalue weighted by Gasteiger charge is 2.38. The standard InChI is InChI=1S/C23H21F2N3O3S/c1-2-31-23(30)16-20(29)14-12-15(24)19(27-10-8-26-9-11-27)17(25)18(14)28-21(32-22(16)28)13-6-4-3-5-7-13/h3-7,12,21,26H,2,8-11H2,1H3. The molecule has 3 aromatic rings. The second-order valence-electron chi connectivity index (χ2n) is 7.63. The van der Waals surface area contributed by atoms with E-state index in [0.29, 0.717) is 31.2 Å². The summed E-state index contributed by atoms with van der Waals surface area (Å²) in [5.74, 6) is -2.38. The maximum absolute atomic E-state index is 16.0. The number of esters is 1. The van der Waals surface area contributed by atoms with E-state index in [1.54, 1.807) is 16.4 Å². The van der Waals surface area contributed by atoms with Crippen molar-refractivity contribution in [1.29, 1.82) is 0 Å². The van der Waals surface area contributed by atoms with Crippen molar-refractivity contribution >= 4 is 34.3 Å². The molecule has 6 nitrogen and oxygen atoms in total. The normalized spacial score (nSPS) is 17.7. The molecular weight excluding hydrogens is 436 g/mol. The summed E-state index contributed by atoms with van der Waals surface area (Å²) in [6.45, 7) is 3.86. The lowest BCUT2D eigenvalue weighted by Gasteiger charge is -2.37. The number of ether oxygens (including phenoxy) is 1. The molecule has 1 aromatic heterocycles. The Hall–Kier alpha value is -2.91. The van der Waals surface area contributed by atoms with E-state index in [1.807, 2.05) is 30.3 Å². The number of pyridine rings is 1. The van der Waals surface area contributed by atoms with Gasteiger partial charge in [0.2, 0.25) is 5.43 Å². The van der Waals surface area contributed by atoms with Crippen molar-refractivity contribution in [3.63, 3.8) is 0 Å². The minimum Gasteiger partial charge on any atom is -0.462 e. The Morgan fingerprint density at radius 3 is 2.62 bits per heavy atom. The Morgan fingerprint density at radius 2 is 1.94 bits per heavy atom. The highest BCUT2D eigenvalue weighted by molar-refractivity contribution is 8.00. The van der Waals surface area contributed by atoms with Crippen LogP contribution in [0.25, 0.3) is 10.9 Å².